The molecule has 1 aliphatic rings. The third-order valence-electron chi connectivity index (χ3n) is 2.69. The minimum atomic E-state index is -0.480. The molecule has 1 fully saturated rings. The molecule has 3 heteroatoms. The molecule has 1 saturated carbocycles. The molecule has 0 spiro atoms. The maximum atomic E-state index is 12.6. The quantitative estimate of drug-likeness (QED) is 0.689. The van der Waals surface area contributed by atoms with E-state index in [1.54, 1.807) is 12.1 Å². The molecule has 76 valence electrons. The highest BCUT2D eigenvalue weighted by Gasteiger charge is 2.16. The van der Waals surface area contributed by atoms with E-state index >= 15 is 0 Å². The number of pyridine rings is 1. The fourth-order valence-electron chi connectivity index (χ4n) is 1.58. The first kappa shape index (κ1) is 9.44. The molecular formula is C11H14FNO. The molecule has 0 N–H and O–H groups in total. The van der Waals surface area contributed by atoms with Crippen LogP contribution in [0.2, 0.25) is 0 Å². The molecule has 1 aliphatic carbocycles. The Morgan fingerprint density at radius 2 is 2.29 bits per heavy atom. The van der Waals surface area contributed by atoms with Crippen LogP contribution < -0.4 is 4.74 Å². The molecule has 1 heterocycles. The van der Waals surface area contributed by atoms with E-state index in [1.165, 1.54) is 25.3 Å². The summed E-state index contributed by atoms with van der Waals surface area (Å²) in [6, 6.07) is 4.61. The van der Waals surface area contributed by atoms with Crippen LogP contribution >= 0.6 is 0 Å². The average Bonchev–Trinajstić information content (AvgIpc) is 2.09. The summed E-state index contributed by atoms with van der Waals surface area (Å²) in [6.07, 6.45) is 5.06. The Hall–Kier alpha value is -1.12. The Morgan fingerprint density at radius 1 is 1.43 bits per heavy atom. The van der Waals surface area contributed by atoms with E-state index in [4.69, 9.17) is 4.74 Å². The summed E-state index contributed by atoms with van der Waals surface area (Å²) in [5.41, 5.74) is 0. The summed E-state index contributed by atoms with van der Waals surface area (Å²) < 4.78 is 18.0. The van der Waals surface area contributed by atoms with Gasteiger partial charge in [-0.3, -0.25) is 0 Å². The lowest BCUT2D eigenvalue weighted by molar-refractivity contribution is 0.216. The van der Waals surface area contributed by atoms with Crippen molar-refractivity contribution < 1.29 is 9.13 Å². The topological polar surface area (TPSA) is 22.1 Å². The summed E-state index contributed by atoms with van der Waals surface area (Å²) in [5.74, 6) is 0.735. The zero-order valence-electron chi connectivity index (χ0n) is 8.08. The third-order valence-corrected chi connectivity index (χ3v) is 2.69. The second kappa shape index (κ2) is 4.40. The molecule has 0 saturated heterocycles. The Kier molecular flexibility index (Phi) is 2.96. The number of ether oxygens (including phenoxy) is 1. The van der Waals surface area contributed by atoms with Gasteiger partial charge in [0.05, 0.1) is 6.61 Å². The van der Waals surface area contributed by atoms with Crippen molar-refractivity contribution in [3.05, 3.63) is 24.1 Å². The Balaban J connectivity index is 1.74. The average molecular weight is 195 g/mol. The van der Waals surface area contributed by atoms with Crippen LogP contribution in [0.15, 0.2) is 18.2 Å². The summed E-state index contributed by atoms with van der Waals surface area (Å²) in [7, 11) is 0. The van der Waals surface area contributed by atoms with E-state index < -0.39 is 5.95 Å². The first-order chi connectivity index (χ1) is 6.84. The van der Waals surface area contributed by atoms with Crippen molar-refractivity contribution in [3.8, 4) is 5.88 Å². The van der Waals surface area contributed by atoms with Gasteiger partial charge in [-0.1, -0.05) is 25.3 Å². The van der Waals surface area contributed by atoms with E-state index in [2.05, 4.69) is 4.98 Å². The maximum absolute atomic E-state index is 12.6. The number of rotatable bonds is 4. The SMILES string of the molecule is Fc1cccc(OCCC2CCC2)n1. The van der Waals surface area contributed by atoms with Crippen LogP contribution in [-0.4, -0.2) is 11.6 Å². The van der Waals surface area contributed by atoms with Crippen LogP contribution in [0.25, 0.3) is 0 Å². The number of aromatic nitrogens is 1. The first-order valence-electron chi connectivity index (χ1n) is 5.10. The van der Waals surface area contributed by atoms with Gasteiger partial charge in [-0.15, -0.1) is 0 Å². The van der Waals surface area contributed by atoms with Crippen LogP contribution in [0.1, 0.15) is 25.7 Å². The Labute approximate surface area is 83.1 Å². The van der Waals surface area contributed by atoms with Crippen molar-refractivity contribution in [1.29, 1.82) is 0 Å². The van der Waals surface area contributed by atoms with Crippen LogP contribution in [0.3, 0.4) is 0 Å². The van der Waals surface area contributed by atoms with Gasteiger partial charge in [-0.25, -0.2) is 0 Å². The Morgan fingerprint density at radius 3 is 2.93 bits per heavy atom. The molecule has 0 aliphatic heterocycles. The summed E-state index contributed by atoms with van der Waals surface area (Å²) in [5, 5.41) is 0. The van der Waals surface area contributed by atoms with Crippen molar-refractivity contribution >= 4 is 0 Å². The van der Waals surface area contributed by atoms with Gasteiger partial charge in [-0.2, -0.15) is 9.37 Å². The standard InChI is InChI=1S/C11H14FNO/c12-10-5-2-6-11(13-10)14-8-7-9-3-1-4-9/h2,5-6,9H,1,3-4,7-8H2. The number of halogens is 1. The molecule has 2 rings (SSSR count). The molecule has 1 aromatic heterocycles. The lowest BCUT2D eigenvalue weighted by atomic mass is 9.83. The van der Waals surface area contributed by atoms with E-state index in [0.29, 0.717) is 12.5 Å². The fourth-order valence-corrected chi connectivity index (χ4v) is 1.58. The molecule has 0 radical (unpaired) electrons. The molecular weight excluding hydrogens is 181 g/mol. The first-order valence-corrected chi connectivity index (χ1v) is 5.10. The van der Waals surface area contributed by atoms with Crippen molar-refractivity contribution in [2.45, 2.75) is 25.7 Å². The van der Waals surface area contributed by atoms with Gasteiger partial charge in [0.25, 0.3) is 0 Å². The molecule has 14 heavy (non-hydrogen) atoms. The van der Waals surface area contributed by atoms with Crippen LogP contribution in [0.4, 0.5) is 4.39 Å². The molecule has 0 amide bonds. The fraction of sp³-hybridized carbons (Fsp3) is 0.545. The number of hydrogen-bond donors (Lipinski definition) is 0. The normalized spacial score (nSPS) is 16.4. The van der Waals surface area contributed by atoms with Gasteiger partial charge in [-0.05, 0) is 18.4 Å². The van der Waals surface area contributed by atoms with Crippen molar-refractivity contribution in [3.63, 3.8) is 0 Å². The Bertz CT molecular complexity index is 299. The molecule has 2 nitrogen and oxygen atoms in total. The monoisotopic (exact) mass is 195 g/mol. The van der Waals surface area contributed by atoms with Crippen molar-refractivity contribution in [1.82, 2.24) is 4.98 Å². The minimum absolute atomic E-state index is 0.393. The third kappa shape index (κ3) is 2.44. The second-order valence-electron chi connectivity index (χ2n) is 3.73. The molecule has 0 atom stereocenters. The highest BCUT2D eigenvalue weighted by atomic mass is 19.1. The zero-order chi connectivity index (χ0) is 9.80. The van der Waals surface area contributed by atoms with Gasteiger partial charge < -0.3 is 4.74 Å². The van der Waals surface area contributed by atoms with E-state index in [9.17, 15) is 4.39 Å². The molecule has 0 bridgehead atoms. The minimum Gasteiger partial charge on any atom is -0.478 e. The lowest BCUT2D eigenvalue weighted by Crippen LogP contribution is -2.14. The summed E-state index contributed by atoms with van der Waals surface area (Å²) in [6.45, 7) is 0.654. The maximum Gasteiger partial charge on any atom is 0.216 e. The smallest absolute Gasteiger partial charge is 0.216 e. The summed E-state index contributed by atoms with van der Waals surface area (Å²) >= 11 is 0. The largest absolute Gasteiger partial charge is 0.478 e. The second-order valence-corrected chi connectivity index (χ2v) is 3.73. The summed E-state index contributed by atoms with van der Waals surface area (Å²) in [4.78, 5) is 3.62. The predicted octanol–water partition coefficient (Wildman–Crippen LogP) is 2.79. The van der Waals surface area contributed by atoms with Crippen LogP contribution in [0, 0.1) is 11.9 Å². The van der Waals surface area contributed by atoms with Crippen molar-refractivity contribution in [2.24, 2.45) is 5.92 Å². The van der Waals surface area contributed by atoms with Gasteiger partial charge in [0.15, 0.2) is 0 Å². The zero-order valence-corrected chi connectivity index (χ0v) is 8.08. The number of hydrogen-bond acceptors (Lipinski definition) is 2. The molecule has 1 aromatic rings. The highest BCUT2D eigenvalue weighted by Crippen LogP contribution is 2.29. The number of nitrogens with zero attached hydrogens (tertiary/aromatic N) is 1. The van der Waals surface area contributed by atoms with Gasteiger partial charge >= 0.3 is 0 Å². The van der Waals surface area contributed by atoms with Crippen LogP contribution in [-0.2, 0) is 0 Å². The van der Waals surface area contributed by atoms with Crippen LogP contribution in [0.5, 0.6) is 5.88 Å². The molecule has 0 aromatic carbocycles. The highest BCUT2D eigenvalue weighted by molar-refractivity contribution is 5.10. The predicted molar refractivity (Wildman–Crippen MR) is 51.6 cm³/mol. The van der Waals surface area contributed by atoms with Gasteiger partial charge in [0, 0.05) is 6.07 Å². The van der Waals surface area contributed by atoms with E-state index in [-0.39, 0.29) is 0 Å². The van der Waals surface area contributed by atoms with Gasteiger partial charge in [0.1, 0.15) is 0 Å². The van der Waals surface area contributed by atoms with E-state index in [1.807, 2.05) is 0 Å². The van der Waals surface area contributed by atoms with Gasteiger partial charge in [0.2, 0.25) is 11.8 Å². The lowest BCUT2D eigenvalue weighted by Gasteiger charge is -2.24. The van der Waals surface area contributed by atoms with Crippen molar-refractivity contribution in [2.75, 3.05) is 6.61 Å². The molecule has 0 unspecified atom stereocenters. The van der Waals surface area contributed by atoms with E-state index in [0.717, 1.165) is 12.3 Å².